The molecule has 0 aromatic heterocycles. The molecule has 116 valence electrons. The first-order valence-corrected chi connectivity index (χ1v) is 7.60. The van der Waals surface area contributed by atoms with Crippen molar-refractivity contribution in [1.82, 2.24) is 10.6 Å². The summed E-state index contributed by atoms with van der Waals surface area (Å²) in [5.41, 5.74) is 10.6. The van der Waals surface area contributed by atoms with E-state index >= 15 is 0 Å². The SMILES string of the molecule is CC.NC(=S)NC(=O)C1C2C=CC(C2)C1C(=O)NC(N)=S. The molecule has 0 radical (unpaired) electrons. The van der Waals surface area contributed by atoms with E-state index in [-0.39, 0.29) is 33.9 Å². The minimum atomic E-state index is -0.481. The van der Waals surface area contributed by atoms with Crippen LogP contribution in [0, 0.1) is 23.7 Å². The van der Waals surface area contributed by atoms with Gasteiger partial charge >= 0.3 is 0 Å². The van der Waals surface area contributed by atoms with Gasteiger partial charge in [0.1, 0.15) is 0 Å². The summed E-state index contributed by atoms with van der Waals surface area (Å²) in [6, 6.07) is 0. The molecular weight excluding hydrogens is 308 g/mol. The maximum Gasteiger partial charge on any atom is 0.230 e. The van der Waals surface area contributed by atoms with Crippen LogP contribution in [-0.4, -0.2) is 22.0 Å². The number of carbonyl (C=O) groups is 2. The van der Waals surface area contributed by atoms with E-state index in [1.807, 2.05) is 26.0 Å². The fraction of sp³-hybridized carbons (Fsp3) is 0.538. The van der Waals surface area contributed by atoms with Crippen molar-refractivity contribution in [3.8, 4) is 0 Å². The second-order valence-corrected chi connectivity index (χ2v) is 5.59. The van der Waals surface area contributed by atoms with E-state index in [9.17, 15) is 9.59 Å². The highest BCUT2D eigenvalue weighted by Crippen LogP contribution is 2.48. The maximum absolute atomic E-state index is 12.1. The number of thiocarbonyl (C=S) groups is 2. The summed E-state index contributed by atoms with van der Waals surface area (Å²) < 4.78 is 0. The molecule has 0 aromatic carbocycles. The van der Waals surface area contributed by atoms with Crippen molar-refractivity contribution in [2.45, 2.75) is 20.3 Å². The quantitative estimate of drug-likeness (QED) is 0.425. The van der Waals surface area contributed by atoms with E-state index in [0.29, 0.717) is 0 Å². The molecule has 0 heterocycles. The average Bonchev–Trinajstić information content (AvgIpc) is 2.99. The minimum Gasteiger partial charge on any atom is -0.376 e. The van der Waals surface area contributed by atoms with Crippen molar-refractivity contribution in [2.75, 3.05) is 0 Å². The standard InChI is InChI=1S/C11H14N4O2S2.C2H6/c12-10(18)14-8(16)6-4-1-2-5(3-4)7(6)9(17)15-11(13)19;1-2/h1-2,4-7H,3H2,(H3,12,14,16,18)(H3,13,15,17,19);1-2H3. The lowest BCUT2D eigenvalue weighted by molar-refractivity contribution is -0.133. The van der Waals surface area contributed by atoms with Gasteiger partial charge in [-0.25, -0.2) is 0 Å². The summed E-state index contributed by atoms with van der Waals surface area (Å²) in [5, 5.41) is 4.62. The number of allylic oxidation sites excluding steroid dienone is 2. The third-order valence-electron chi connectivity index (χ3n) is 3.56. The molecule has 4 atom stereocenters. The fourth-order valence-electron chi connectivity index (χ4n) is 2.95. The lowest BCUT2D eigenvalue weighted by atomic mass is 9.81. The summed E-state index contributed by atoms with van der Waals surface area (Å²) in [4.78, 5) is 24.2. The first-order valence-electron chi connectivity index (χ1n) is 6.79. The smallest absolute Gasteiger partial charge is 0.230 e. The number of carbonyl (C=O) groups excluding carboxylic acids is 2. The van der Waals surface area contributed by atoms with Crippen LogP contribution >= 0.6 is 24.4 Å². The molecule has 21 heavy (non-hydrogen) atoms. The Labute approximate surface area is 134 Å². The molecule has 2 bridgehead atoms. The number of nitrogens with two attached hydrogens (primary N) is 2. The van der Waals surface area contributed by atoms with Crippen LogP contribution in [0.25, 0.3) is 0 Å². The maximum atomic E-state index is 12.1. The molecule has 0 aliphatic heterocycles. The van der Waals surface area contributed by atoms with Gasteiger partial charge in [-0.2, -0.15) is 0 Å². The van der Waals surface area contributed by atoms with E-state index in [0.717, 1.165) is 6.42 Å². The summed E-state index contributed by atoms with van der Waals surface area (Å²) >= 11 is 9.31. The van der Waals surface area contributed by atoms with Crippen LogP contribution < -0.4 is 22.1 Å². The first kappa shape index (κ1) is 17.5. The van der Waals surface area contributed by atoms with Crippen LogP contribution in [0.4, 0.5) is 0 Å². The molecular formula is C13H20N4O2S2. The third-order valence-corrected chi connectivity index (χ3v) is 3.76. The predicted molar refractivity (Wildman–Crippen MR) is 88.9 cm³/mol. The number of fused-ring (bicyclic) bond motifs is 2. The lowest BCUT2D eigenvalue weighted by Crippen LogP contribution is -2.48. The van der Waals surface area contributed by atoms with Crippen LogP contribution in [0.15, 0.2) is 12.2 Å². The van der Waals surface area contributed by atoms with Gasteiger partial charge in [-0.05, 0) is 42.7 Å². The number of nitrogens with one attached hydrogen (secondary N) is 2. The first-order chi connectivity index (χ1) is 9.90. The molecule has 8 heteroatoms. The van der Waals surface area contributed by atoms with E-state index in [1.54, 1.807) is 0 Å². The zero-order valence-corrected chi connectivity index (χ0v) is 13.6. The van der Waals surface area contributed by atoms with Crippen molar-refractivity contribution in [1.29, 1.82) is 0 Å². The number of hydrogen-bond donors (Lipinski definition) is 4. The molecule has 1 saturated carbocycles. The van der Waals surface area contributed by atoms with E-state index in [1.165, 1.54) is 0 Å². The van der Waals surface area contributed by atoms with Crippen LogP contribution in [0.1, 0.15) is 20.3 Å². The fourth-order valence-corrected chi connectivity index (χ4v) is 3.15. The molecule has 2 aliphatic carbocycles. The Kier molecular flexibility index (Phi) is 6.22. The van der Waals surface area contributed by atoms with Gasteiger partial charge in [-0.1, -0.05) is 26.0 Å². The van der Waals surface area contributed by atoms with Gasteiger partial charge in [0.15, 0.2) is 10.2 Å². The molecule has 2 amide bonds. The monoisotopic (exact) mass is 328 g/mol. The number of rotatable bonds is 2. The van der Waals surface area contributed by atoms with Crippen LogP contribution in [-0.2, 0) is 9.59 Å². The zero-order valence-electron chi connectivity index (χ0n) is 12.0. The number of amides is 2. The van der Waals surface area contributed by atoms with E-state index < -0.39 is 11.8 Å². The van der Waals surface area contributed by atoms with Crippen LogP contribution in [0.2, 0.25) is 0 Å². The van der Waals surface area contributed by atoms with Crippen molar-refractivity contribution < 1.29 is 9.59 Å². The van der Waals surface area contributed by atoms with E-state index in [2.05, 4.69) is 35.1 Å². The van der Waals surface area contributed by atoms with Crippen LogP contribution in [0.3, 0.4) is 0 Å². The minimum absolute atomic E-state index is 0.0291. The Morgan fingerprint density at radius 1 is 0.952 bits per heavy atom. The van der Waals surface area contributed by atoms with E-state index in [4.69, 9.17) is 11.5 Å². The molecule has 1 fully saturated rings. The average molecular weight is 328 g/mol. The molecule has 6 N–H and O–H groups in total. The predicted octanol–water partition coefficient (Wildman–Crippen LogP) is 0.171. The number of hydrogen-bond acceptors (Lipinski definition) is 4. The molecule has 0 spiro atoms. The molecule has 4 unspecified atom stereocenters. The normalized spacial score (nSPS) is 28.3. The topological polar surface area (TPSA) is 110 Å². The second-order valence-electron chi connectivity index (χ2n) is 4.71. The van der Waals surface area contributed by atoms with Gasteiger partial charge in [-0.3, -0.25) is 9.59 Å². The van der Waals surface area contributed by atoms with Crippen LogP contribution in [0.5, 0.6) is 0 Å². The molecule has 0 saturated heterocycles. The zero-order chi connectivity index (χ0) is 16.2. The summed E-state index contributed by atoms with van der Waals surface area (Å²) in [7, 11) is 0. The Bertz CT molecular complexity index is 451. The van der Waals surface area contributed by atoms with Gasteiger partial charge in [0.05, 0.1) is 11.8 Å². The largest absolute Gasteiger partial charge is 0.376 e. The Balaban J connectivity index is 0.00000106. The Morgan fingerprint density at radius 3 is 1.57 bits per heavy atom. The van der Waals surface area contributed by atoms with Crippen molar-refractivity contribution in [3.63, 3.8) is 0 Å². The lowest BCUT2D eigenvalue weighted by Gasteiger charge is -2.25. The van der Waals surface area contributed by atoms with Gasteiger partial charge in [0.2, 0.25) is 11.8 Å². The summed E-state index contributed by atoms with van der Waals surface area (Å²) in [5.74, 6) is -1.56. The highest BCUT2D eigenvalue weighted by molar-refractivity contribution is 7.80. The molecule has 2 rings (SSSR count). The highest BCUT2D eigenvalue weighted by Gasteiger charge is 2.51. The van der Waals surface area contributed by atoms with Crippen molar-refractivity contribution >= 4 is 46.5 Å². The molecule has 6 nitrogen and oxygen atoms in total. The second kappa shape index (κ2) is 7.46. The molecule has 0 aromatic rings. The van der Waals surface area contributed by atoms with Gasteiger partial charge in [-0.15, -0.1) is 0 Å². The summed E-state index contributed by atoms with van der Waals surface area (Å²) in [6.45, 7) is 4.00. The third kappa shape index (κ3) is 3.98. The van der Waals surface area contributed by atoms with Crippen molar-refractivity contribution in [2.24, 2.45) is 35.1 Å². The molecule has 2 aliphatic rings. The van der Waals surface area contributed by atoms with Gasteiger partial charge < -0.3 is 22.1 Å². The van der Waals surface area contributed by atoms with Gasteiger partial charge in [0.25, 0.3) is 0 Å². The van der Waals surface area contributed by atoms with Gasteiger partial charge in [0, 0.05) is 0 Å². The highest BCUT2D eigenvalue weighted by atomic mass is 32.1. The Morgan fingerprint density at radius 2 is 1.29 bits per heavy atom. The van der Waals surface area contributed by atoms with Crippen molar-refractivity contribution in [3.05, 3.63) is 12.2 Å². The summed E-state index contributed by atoms with van der Waals surface area (Å²) in [6.07, 6.45) is 4.68. The Hall–Kier alpha value is -1.54.